The highest BCUT2D eigenvalue weighted by Gasteiger charge is 2.39. The van der Waals surface area contributed by atoms with Gasteiger partial charge >= 0.3 is 5.97 Å². The van der Waals surface area contributed by atoms with Crippen molar-refractivity contribution in [3.05, 3.63) is 35.4 Å². The van der Waals surface area contributed by atoms with Crippen LogP contribution in [-0.4, -0.2) is 17.0 Å². The predicted molar refractivity (Wildman–Crippen MR) is 54.9 cm³/mol. The lowest BCUT2D eigenvalue weighted by molar-refractivity contribution is 0.00775. The van der Waals surface area contributed by atoms with Crippen LogP contribution in [0.3, 0.4) is 0 Å². The highest BCUT2D eigenvalue weighted by molar-refractivity contribution is 5.87. The van der Waals surface area contributed by atoms with Crippen molar-refractivity contribution in [2.24, 2.45) is 0 Å². The molecule has 1 unspecified atom stereocenters. The number of halogens is 2. The average Bonchev–Trinajstić information content (AvgIpc) is 2.59. The molecule has 1 aromatic carbocycles. The SMILES string of the molecule is O=C(O)c1ccc(C2CCC(F)(F)C2)cc1. The van der Waals surface area contributed by atoms with Crippen molar-refractivity contribution in [2.45, 2.75) is 31.1 Å². The minimum absolute atomic E-state index is 0.0711. The van der Waals surface area contributed by atoms with Crippen molar-refractivity contribution in [2.75, 3.05) is 0 Å². The fourth-order valence-corrected chi connectivity index (χ4v) is 2.13. The number of hydrogen-bond donors (Lipinski definition) is 1. The maximum Gasteiger partial charge on any atom is 0.335 e. The minimum Gasteiger partial charge on any atom is -0.478 e. The van der Waals surface area contributed by atoms with Crippen LogP contribution in [0.5, 0.6) is 0 Å². The third kappa shape index (κ3) is 2.21. The van der Waals surface area contributed by atoms with Crippen LogP contribution >= 0.6 is 0 Å². The van der Waals surface area contributed by atoms with E-state index in [1.165, 1.54) is 12.1 Å². The van der Waals surface area contributed by atoms with Gasteiger partial charge in [-0.3, -0.25) is 0 Å². The van der Waals surface area contributed by atoms with Crippen molar-refractivity contribution in [1.82, 2.24) is 0 Å². The molecule has 0 bridgehead atoms. The first-order valence-electron chi connectivity index (χ1n) is 5.19. The molecule has 0 radical (unpaired) electrons. The third-order valence-corrected chi connectivity index (χ3v) is 3.03. The van der Waals surface area contributed by atoms with Gasteiger partial charge in [-0.15, -0.1) is 0 Å². The van der Waals surface area contributed by atoms with Gasteiger partial charge in [0, 0.05) is 12.8 Å². The molecule has 0 heterocycles. The molecule has 1 fully saturated rings. The second kappa shape index (κ2) is 3.85. The summed E-state index contributed by atoms with van der Waals surface area (Å²) in [5.41, 5.74) is 0.996. The number of aromatic carboxylic acids is 1. The molecule has 4 heteroatoms. The van der Waals surface area contributed by atoms with E-state index in [1.54, 1.807) is 12.1 Å². The van der Waals surface area contributed by atoms with Crippen LogP contribution in [0.25, 0.3) is 0 Å². The van der Waals surface area contributed by atoms with E-state index in [4.69, 9.17) is 5.11 Å². The normalized spacial score (nSPS) is 23.2. The number of benzene rings is 1. The lowest BCUT2D eigenvalue weighted by Crippen LogP contribution is -2.09. The highest BCUT2D eigenvalue weighted by atomic mass is 19.3. The molecule has 2 rings (SSSR count). The molecule has 0 aromatic heterocycles. The van der Waals surface area contributed by atoms with Gasteiger partial charge in [0.1, 0.15) is 0 Å². The maximum absolute atomic E-state index is 13.0. The smallest absolute Gasteiger partial charge is 0.335 e. The van der Waals surface area contributed by atoms with E-state index in [0.717, 1.165) is 5.56 Å². The summed E-state index contributed by atoms with van der Waals surface area (Å²) < 4.78 is 26.0. The zero-order chi connectivity index (χ0) is 11.8. The van der Waals surface area contributed by atoms with Crippen molar-refractivity contribution in [3.63, 3.8) is 0 Å². The van der Waals surface area contributed by atoms with E-state index in [1.807, 2.05) is 0 Å². The molecule has 0 aliphatic heterocycles. The Morgan fingerprint density at radius 2 is 1.94 bits per heavy atom. The summed E-state index contributed by atoms with van der Waals surface area (Å²) in [4.78, 5) is 10.6. The van der Waals surface area contributed by atoms with E-state index >= 15 is 0 Å². The van der Waals surface area contributed by atoms with Gasteiger partial charge in [0.05, 0.1) is 5.56 Å². The molecule has 1 atom stereocenters. The van der Waals surface area contributed by atoms with Gasteiger partial charge in [-0.05, 0) is 30.0 Å². The summed E-state index contributed by atoms with van der Waals surface area (Å²) in [6, 6.07) is 6.20. The lowest BCUT2D eigenvalue weighted by Gasteiger charge is -2.11. The average molecular weight is 226 g/mol. The Kier molecular flexibility index (Phi) is 2.66. The first-order chi connectivity index (χ1) is 7.48. The fraction of sp³-hybridized carbons (Fsp3) is 0.417. The molecule has 0 saturated heterocycles. The van der Waals surface area contributed by atoms with E-state index in [0.29, 0.717) is 6.42 Å². The van der Waals surface area contributed by atoms with E-state index in [-0.39, 0.29) is 24.3 Å². The summed E-state index contributed by atoms with van der Waals surface area (Å²) in [6.07, 6.45) is 0.275. The Labute approximate surface area is 91.9 Å². The lowest BCUT2D eigenvalue weighted by atomic mass is 9.96. The van der Waals surface area contributed by atoms with Crippen LogP contribution < -0.4 is 0 Å². The van der Waals surface area contributed by atoms with Gasteiger partial charge in [-0.2, -0.15) is 0 Å². The summed E-state index contributed by atoms with van der Waals surface area (Å²) in [5.74, 6) is -3.70. The molecule has 1 saturated carbocycles. The number of alkyl halides is 2. The minimum atomic E-state index is -2.56. The van der Waals surface area contributed by atoms with Crippen molar-refractivity contribution < 1.29 is 18.7 Å². The van der Waals surface area contributed by atoms with Gasteiger partial charge in [0.15, 0.2) is 0 Å². The summed E-state index contributed by atoms with van der Waals surface area (Å²) >= 11 is 0. The quantitative estimate of drug-likeness (QED) is 0.840. The largest absolute Gasteiger partial charge is 0.478 e. The van der Waals surface area contributed by atoms with Crippen LogP contribution in [0.1, 0.15) is 41.1 Å². The van der Waals surface area contributed by atoms with Crippen LogP contribution in [0, 0.1) is 0 Å². The summed E-state index contributed by atoms with van der Waals surface area (Å²) in [6.45, 7) is 0. The van der Waals surface area contributed by atoms with Crippen molar-refractivity contribution in [1.29, 1.82) is 0 Å². The van der Waals surface area contributed by atoms with Crippen molar-refractivity contribution in [3.8, 4) is 0 Å². The summed E-state index contributed by atoms with van der Waals surface area (Å²) in [5, 5.41) is 8.70. The van der Waals surface area contributed by atoms with Gasteiger partial charge in [-0.25, -0.2) is 13.6 Å². The second-order valence-corrected chi connectivity index (χ2v) is 4.22. The number of carboxylic acids is 1. The second-order valence-electron chi connectivity index (χ2n) is 4.22. The molecule has 1 aromatic rings. The molecule has 1 N–H and O–H groups in total. The molecule has 2 nitrogen and oxygen atoms in total. The zero-order valence-electron chi connectivity index (χ0n) is 8.62. The Morgan fingerprint density at radius 1 is 1.31 bits per heavy atom. The summed E-state index contributed by atoms with van der Waals surface area (Å²) in [7, 11) is 0. The van der Waals surface area contributed by atoms with Crippen LogP contribution in [-0.2, 0) is 0 Å². The zero-order valence-corrected chi connectivity index (χ0v) is 8.62. The van der Waals surface area contributed by atoms with E-state index < -0.39 is 11.9 Å². The Hall–Kier alpha value is -1.45. The van der Waals surface area contributed by atoms with Crippen LogP contribution in [0.4, 0.5) is 8.78 Å². The molecule has 0 amide bonds. The number of hydrogen-bond acceptors (Lipinski definition) is 1. The van der Waals surface area contributed by atoms with Crippen LogP contribution in [0.2, 0.25) is 0 Å². The highest BCUT2D eigenvalue weighted by Crippen LogP contribution is 2.44. The molecule has 86 valence electrons. The molecular weight excluding hydrogens is 214 g/mol. The number of carboxylic acid groups (broad SMARTS) is 1. The molecular formula is C12H12F2O2. The third-order valence-electron chi connectivity index (χ3n) is 3.03. The number of carbonyl (C=O) groups is 1. The first kappa shape index (κ1) is 11.0. The molecule has 16 heavy (non-hydrogen) atoms. The van der Waals surface area contributed by atoms with Gasteiger partial charge in [-0.1, -0.05) is 12.1 Å². The van der Waals surface area contributed by atoms with E-state index in [9.17, 15) is 13.6 Å². The topological polar surface area (TPSA) is 37.3 Å². The van der Waals surface area contributed by atoms with Crippen LogP contribution in [0.15, 0.2) is 24.3 Å². The molecule has 1 aliphatic carbocycles. The van der Waals surface area contributed by atoms with Gasteiger partial charge in [0.25, 0.3) is 0 Å². The standard InChI is InChI=1S/C12H12F2O2/c13-12(14)6-5-10(7-12)8-1-3-9(4-2-8)11(15)16/h1-4,10H,5-7H2,(H,15,16). The predicted octanol–water partition coefficient (Wildman–Crippen LogP) is 3.29. The van der Waals surface area contributed by atoms with E-state index in [2.05, 4.69) is 0 Å². The maximum atomic E-state index is 13.0. The fourth-order valence-electron chi connectivity index (χ4n) is 2.13. The van der Waals surface area contributed by atoms with Crippen molar-refractivity contribution >= 4 is 5.97 Å². The molecule has 1 aliphatic rings. The van der Waals surface area contributed by atoms with Gasteiger partial charge in [0.2, 0.25) is 5.92 Å². The van der Waals surface area contributed by atoms with Gasteiger partial charge < -0.3 is 5.11 Å². The Balaban J connectivity index is 2.14. The number of rotatable bonds is 2. The monoisotopic (exact) mass is 226 g/mol. The first-order valence-corrected chi connectivity index (χ1v) is 5.19. The molecule has 0 spiro atoms. The Morgan fingerprint density at radius 3 is 2.38 bits per heavy atom. The Bertz CT molecular complexity index is 398.